The highest BCUT2D eigenvalue weighted by Crippen LogP contribution is 2.26. The lowest BCUT2D eigenvalue weighted by Gasteiger charge is -2.34. The van der Waals surface area contributed by atoms with Crippen molar-refractivity contribution >= 4 is 40.7 Å². The number of nitrogens with one attached hydrogen (secondary N) is 1. The van der Waals surface area contributed by atoms with E-state index in [9.17, 15) is 0 Å². The lowest BCUT2D eigenvalue weighted by atomic mass is 10.0. The van der Waals surface area contributed by atoms with Crippen LogP contribution in [0.2, 0.25) is 0 Å². The van der Waals surface area contributed by atoms with Gasteiger partial charge in [-0.25, -0.2) is 0 Å². The molecule has 1 aliphatic heterocycles. The Balaban J connectivity index is 0.00000162. The molecule has 1 aliphatic rings. The van der Waals surface area contributed by atoms with E-state index < -0.39 is 0 Å². The van der Waals surface area contributed by atoms with Crippen LogP contribution in [0.4, 0.5) is 0 Å². The summed E-state index contributed by atoms with van der Waals surface area (Å²) in [5.74, 6) is 0. The van der Waals surface area contributed by atoms with E-state index in [1.165, 1.54) is 5.56 Å². The molecule has 19 heavy (non-hydrogen) atoms. The molecule has 1 aromatic rings. The lowest BCUT2D eigenvalue weighted by Crippen LogP contribution is -2.45. The second kappa shape index (κ2) is 9.72. The molecule has 1 N–H and O–H groups in total. The van der Waals surface area contributed by atoms with E-state index in [2.05, 4.69) is 43.8 Å². The fourth-order valence-corrected chi connectivity index (χ4v) is 2.64. The fourth-order valence-electron chi connectivity index (χ4n) is 2.26. The van der Waals surface area contributed by atoms with Crippen LogP contribution in [0.15, 0.2) is 35.6 Å². The summed E-state index contributed by atoms with van der Waals surface area (Å²) in [6, 6.07) is 2.56. The maximum Gasteiger partial charge on any atom is 0.0410 e. The molecule has 0 saturated carbocycles. The first-order valence-electron chi connectivity index (χ1n) is 5.97. The number of halogens is 3. The third kappa shape index (κ3) is 5.40. The Bertz CT molecular complexity index is 384. The van der Waals surface area contributed by atoms with Gasteiger partial charge in [-0.15, -0.1) is 31.4 Å². The largest absolute Gasteiger partial charge is 0.314 e. The topological polar surface area (TPSA) is 28.2 Å². The first kappa shape index (κ1) is 18.9. The summed E-state index contributed by atoms with van der Waals surface area (Å²) in [4.78, 5) is 6.76. The van der Waals surface area contributed by atoms with E-state index in [1.807, 2.05) is 18.5 Å². The number of pyridine rings is 1. The molecule has 1 saturated heterocycles. The third-order valence-electron chi connectivity index (χ3n) is 3.09. The summed E-state index contributed by atoms with van der Waals surface area (Å²) in [7, 11) is 0. The van der Waals surface area contributed by atoms with Crippen molar-refractivity contribution in [2.24, 2.45) is 0 Å². The number of piperazine rings is 1. The Morgan fingerprint density at radius 1 is 1.37 bits per heavy atom. The molecule has 0 radical (unpaired) electrons. The molecule has 2 rings (SSSR count). The standard InChI is InChI=1S/C13H18BrN3.2ClH/c1-2-3-13(17-6-4-15-5-7-17)11-8-12(14)10-16-9-11;;/h2,8-10,13,15H,1,3-7H2;2*1H/t13-;;/m1../s1. The second-order valence-electron chi connectivity index (χ2n) is 4.26. The van der Waals surface area contributed by atoms with Crippen LogP contribution >= 0.6 is 40.7 Å². The second-order valence-corrected chi connectivity index (χ2v) is 5.18. The molecule has 1 atom stereocenters. The van der Waals surface area contributed by atoms with Gasteiger partial charge in [0.25, 0.3) is 0 Å². The molecule has 0 unspecified atom stereocenters. The SMILES string of the molecule is C=CC[C@H](c1cncc(Br)c1)N1CCNCC1.Cl.Cl. The van der Waals surface area contributed by atoms with E-state index in [4.69, 9.17) is 0 Å². The van der Waals surface area contributed by atoms with Crippen molar-refractivity contribution in [3.05, 3.63) is 41.2 Å². The molecule has 1 fully saturated rings. The van der Waals surface area contributed by atoms with E-state index >= 15 is 0 Å². The first-order chi connectivity index (χ1) is 8.31. The van der Waals surface area contributed by atoms with E-state index in [0.29, 0.717) is 6.04 Å². The van der Waals surface area contributed by atoms with Crippen molar-refractivity contribution in [2.45, 2.75) is 12.5 Å². The third-order valence-corrected chi connectivity index (χ3v) is 3.53. The summed E-state index contributed by atoms with van der Waals surface area (Å²) >= 11 is 3.49. The van der Waals surface area contributed by atoms with Crippen molar-refractivity contribution in [3.8, 4) is 0 Å². The zero-order valence-electron chi connectivity index (χ0n) is 10.7. The van der Waals surface area contributed by atoms with Crippen molar-refractivity contribution in [1.82, 2.24) is 15.2 Å². The van der Waals surface area contributed by atoms with Gasteiger partial charge in [0.15, 0.2) is 0 Å². The number of hydrogen-bond donors (Lipinski definition) is 1. The molecule has 2 heterocycles. The smallest absolute Gasteiger partial charge is 0.0410 e. The van der Waals surface area contributed by atoms with Crippen LogP contribution < -0.4 is 5.32 Å². The number of nitrogens with zero attached hydrogens (tertiary/aromatic N) is 2. The fraction of sp³-hybridized carbons (Fsp3) is 0.462. The van der Waals surface area contributed by atoms with Gasteiger partial charge in [-0.2, -0.15) is 0 Å². The lowest BCUT2D eigenvalue weighted by molar-refractivity contribution is 0.174. The number of rotatable bonds is 4. The molecule has 0 aliphatic carbocycles. The summed E-state index contributed by atoms with van der Waals surface area (Å²) in [6.07, 6.45) is 6.75. The van der Waals surface area contributed by atoms with Gasteiger partial charge in [0.05, 0.1) is 0 Å². The summed E-state index contributed by atoms with van der Waals surface area (Å²) in [6.45, 7) is 8.17. The van der Waals surface area contributed by atoms with E-state index in [0.717, 1.165) is 37.1 Å². The minimum absolute atomic E-state index is 0. The first-order valence-corrected chi connectivity index (χ1v) is 6.76. The molecule has 108 valence electrons. The Morgan fingerprint density at radius 3 is 2.63 bits per heavy atom. The van der Waals surface area contributed by atoms with Crippen LogP contribution in [0, 0.1) is 0 Å². The van der Waals surface area contributed by atoms with Crippen molar-refractivity contribution in [2.75, 3.05) is 26.2 Å². The number of aromatic nitrogens is 1. The Labute approximate surface area is 135 Å². The van der Waals surface area contributed by atoms with Crippen LogP contribution in [-0.2, 0) is 0 Å². The number of hydrogen-bond acceptors (Lipinski definition) is 3. The van der Waals surface area contributed by atoms with Crippen molar-refractivity contribution in [1.29, 1.82) is 0 Å². The van der Waals surface area contributed by atoms with Gasteiger partial charge in [0.1, 0.15) is 0 Å². The predicted octanol–water partition coefficient (Wildman–Crippen LogP) is 3.21. The normalized spacial score (nSPS) is 16.9. The Morgan fingerprint density at radius 2 is 2.05 bits per heavy atom. The van der Waals surface area contributed by atoms with Crippen molar-refractivity contribution in [3.63, 3.8) is 0 Å². The van der Waals surface area contributed by atoms with Crippen LogP contribution in [0.3, 0.4) is 0 Å². The molecule has 0 amide bonds. The van der Waals surface area contributed by atoms with Gasteiger partial charge in [-0.1, -0.05) is 6.08 Å². The highest BCUT2D eigenvalue weighted by atomic mass is 79.9. The maximum atomic E-state index is 4.26. The minimum Gasteiger partial charge on any atom is -0.314 e. The van der Waals surface area contributed by atoms with Crippen LogP contribution in [-0.4, -0.2) is 36.1 Å². The zero-order valence-corrected chi connectivity index (χ0v) is 13.9. The van der Waals surface area contributed by atoms with Crippen molar-refractivity contribution < 1.29 is 0 Å². The summed E-state index contributed by atoms with van der Waals surface area (Å²) < 4.78 is 1.04. The van der Waals surface area contributed by atoms with Crippen LogP contribution in [0.25, 0.3) is 0 Å². The van der Waals surface area contributed by atoms with E-state index in [-0.39, 0.29) is 24.8 Å². The predicted molar refractivity (Wildman–Crippen MR) is 88.4 cm³/mol. The quantitative estimate of drug-likeness (QED) is 0.827. The highest BCUT2D eigenvalue weighted by molar-refractivity contribution is 9.10. The molecule has 3 nitrogen and oxygen atoms in total. The molecular formula is C13H20BrCl2N3. The molecular weight excluding hydrogens is 349 g/mol. The van der Waals surface area contributed by atoms with Crippen LogP contribution in [0.5, 0.6) is 0 Å². The van der Waals surface area contributed by atoms with Gasteiger partial charge in [0.2, 0.25) is 0 Å². The van der Waals surface area contributed by atoms with Gasteiger partial charge in [0, 0.05) is 49.1 Å². The molecule has 0 bridgehead atoms. The zero-order chi connectivity index (χ0) is 12.1. The highest BCUT2D eigenvalue weighted by Gasteiger charge is 2.21. The van der Waals surface area contributed by atoms with Crippen LogP contribution in [0.1, 0.15) is 18.0 Å². The minimum atomic E-state index is 0. The van der Waals surface area contributed by atoms with Gasteiger partial charge in [-0.3, -0.25) is 9.88 Å². The molecule has 1 aromatic heterocycles. The molecule has 6 heteroatoms. The molecule has 0 aromatic carbocycles. The van der Waals surface area contributed by atoms with Gasteiger partial charge in [-0.05, 0) is 34.0 Å². The van der Waals surface area contributed by atoms with Gasteiger partial charge >= 0.3 is 0 Å². The van der Waals surface area contributed by atoms with Gasteiger partial charge < -0.3 is 5.32 Å². The summed E-state index contributed by atoms with van der Waals surface area (Å²) in [5.41, 5.74) is 1.26. The molecule has 0 spiro atoms. The Kier molecular flexibility index (Phi) is 9.66. The average Bonchev–Trinajstić information content (AvgIpc) is 2.37. The van der Waals surface area contributed by atoms with E-state index in [1.54, 1.807) is 0 Å². The maximum absolute atomic E-state index is 4.26. The summed E-state index contributed by atoms with van der Waals surface area (Å²) in [5, 5.41) is 3.38. The Hall–Kier alpha value is -0.130. The monoisotopic (exact) mass is 367 g/mol. The average molecular weight is 369 g/mol.